The summed E-state index contributed by atoms with van der Waals surface area (Å²) in [6.45, 7) is 5.81. The molecule has 124 valence electrons. The Morgan fingerprint density at radius 2 is 2.23 bits per heavy atom. The highest BCUT2D eigenvalue weighted by Gasteiger charge is 2.65. The minimum atomic E-state index is -0.929. The van der Waals surface area contributed by atoms with Gasteiger partial charge in [-0.25, -0.2) is 0 Å². The quantitative estimate of drug-likeness (QED) is 0.462. The number of carboxylic acid groups (broad SMARTS) is 1. The molecular weight excluding hydrogens is 286 g/mol. The number of fused-ring (bicyclic) bond motifs is 1. The number of carboxylic acids is 1. The molecule has 22 heavy (non-hydrogen) atoms. The number of nitro groups is 1. The number of allylic oxidation sites excluding steroid dienone is 1. The molecule has 0 aliphatic heterocycles. The third kappa shape index (κ3) is 2.76. The van der Waals surface area contributed by atoms with E-state index in [0.29, 0.717) is 18.9 Å². The molecule has 0 spiro atoms. The van der Waals surface area contributed by atoms with E-state index in [2.05, 4.69) is 0 Å². The van der Waals surface area contributed by atoms with Gasteiger partial charge in [-0.2, -0.15) is 0 Å². The van der Waals surface area contributed by atoms with Gasteiger partial charge in [0.05, 0.1) is 17.9 Å². The van der Waals surface area contributed by atoms with Crippen molar-refractivity contribution in [2.45, 2.75) is 33.6 Å². The zero-order valence-corrected chi connectivity index (χ0v) is 13.7. The first-order chi connectivity index (χ1) is 10.1. The van der Waals surface area contributed by atoms with Crippen molar-refractivity contribution in [1.82, 2.24) is 0 Å². The van der Waals surface area contributed by atoms with Crippen molar-refractivity contribution in [3.8, 4) is 0 Å². The predicted octanol–water partition coefficient (Wildman–Crippen LogP) is 2.61. The van der Waals surface area contributed by atoms with Crippen molar-refractivity contribution in [3.05, 3.63) is 21.8 Å². The van der Waals surface area contributed by atoms with Crippen molar-refractivity contribution in [2.75, 3.05) is 20.3 Å². The Labute approximate surface area is 130 Å². The maximum atomic E-state index is 11.9. The molecule has 2 rings (SSSR count). The third-order valence-electron chi connectivity index (χ3n) is 5.19. The molecule has 0 aromatic rings. The Balaban J connectivity index is 2.39. The van der Waals surface area contributed by atoms with E-state index in [0.717, 1.165) is 12.0 Å². The first kappa shape index (κ1) is 16.9. The standard InChI is InChI=1S/C16H25NO5/c1-15(2,3)13(14(18)19)16(9-17(20)21)7-11-5-10(8-22-4)6-12(11)16/h6,11-13H,5,7-9H2,1-4H3,(H,18,19)/t11-,12-,13?,16+/m0/s1. The lowest BCUT2D eigenvalue weighted by molar-refractivity contribution is -0.510. The van der Waals surface area contributed by atoms with Gasteiger partial charge in [0.1, 0.15) is 0 Å². The summed E-state index contributed by atoms with van der Waals surface area (Å²) in [7, 11) is 1.63. The zero-order valence-electron chi connectivity index (χ0n) is 13.7. The molecule has 0 heterocycles. The van der Waals surface area contributed by atoms with Crippen molar-refractivity contribution in [2.24, 2.45) is 28.6 Å². The number of nitrogens with zero attached hydrogens (tertiary/aromatic N) is 1. The van der Waals surface area contributed by atoms with Gasteiger partial charge in [-0.05, 0) is 35.7 Å². The Bertz CT molecular complexity index is 507. The lowest BCUT2D eigenvalue weighted by atomic mass is 9.46. The highest BCUT2D eigenvalue weighted by atomic mass is 16.6. The van der Waals surface area contributed by atoms with Crippen LogP contribution in [0.25, 0.3) is 0 Å². The van der Waals surface area contributed by atoms with Crippen LogP contribution in [-0.4, -0.2) is 36.3 Å². The number of ether oxygens (including phenoxy) is 1. The molecule has 6 heteroatoms. The summed E-state index contributed by atoms with van der Waals surface area (Å²) in [5.74, 6) is -1.36. The summed E-state index contributed by atoms with van der Waals surface area (Å²) < 4.78 is 5.16. The van der Waals surface area contributed by atoms with E-state index in [4.69, 9.17) is 4.74 Å². The van der Waals surface area contributed by atoms with E-state index in [1.165, 1.54) is 0 Å². The van der Waals surface area contributed by atoms with Crippen molar-refractivity contribution >= 4 is 5.97 Å². The summed E-state index contributed by atoms with van der Waals surface area (Å²) in [6, 6.07) is 0. The van der Waals surface area contributed by atoms with E-state index >= 15 is 0 Å². The number of rotatable bonds is 6. The van der Waals surface area contributed by atoms with Gasteiger partial charge < -0.3 is 9.84 Å². The predicted molar refractivity (Wildman–Crippen MR) is 81.0 cm³/mol. The molecule has 1 N–H and O–H groups in total. The second kappa shape index (κ2) is 5.65. The summed E-state index contributed by atoms with van der Waals surface area (Å²) in [4.78, 5) is 22.8. The third-order valence-corrected chi connectivity index (χ3v) is 5.19. The molecule has 0 aromatic carbocycles. The van der Waals surface area contributed by atoms with Crippen LogP contribution in [0.2, 0.25) is 0 Å². The van der Waals surface area contributed by atoms with Crippen LogP contribution >= 0.6 is 0 Å². The minimum Gasteiger partial charge on any atom is -0.481 e. The van der Waals surface area contributed by atoms with Crippen LogP contribution in [0.3, 0.4) is 0 Å². The number of hydrogen-bond acceptors (Lipinski definition) is 4. The van der Waals surface area contributed by atoms with Gasteiger partial charge in [-0.3, -0.25) is 14.9 Å². The zero-order chi connectivity index (χ0) is 16.7. The fourth-order valence-corrected chi connectivity index (χ4v) is 4.80. The van der Waals surface area contributed by atoms with Crippen LogP contribution in [0.15, 0.2) is 11.6 Å². The van der Waals surface area contributed by atoms with Crippen LogP contribution < -0.4 is 0 Å². The van der Waals surface area contributed by atoms with Crippen LogP contribution in [0.4, 0.5) is 0 Å². The topological polar surface area (TPSA) is 89.7 Å². The molecular formula is C16H25NO5. The van der Waals surface area contributed by atoms with E-state index < -0.39 is 22.7 Å². The first-order valence-electron chi connectivity index (χ1n) is 7.65. The molecule has 1 saturated carbocycles. The highest BCUT2D eigenvalue weighted by Crippen LogP contribution is 2.64. The van der Waals surface area contributed by atoms with Gasteiger partial charge in [-0.1, -0.05) is 26.8 Å². The summed E-state index contributed by atoms with van der Waals surface area (Å²) in [6.07, 6.45) is 3.52. The largest absolute Gasteiger partial charge is 0.481 e. The fourth-order valence-electron chi connectivity index (χ4n) is 4.80. The van der Waals surface area contributed by atoms with Crippen LogP contribution in [0.1, 0.15) is 33.6 Å². The molecule has 2 aliphatic rings. The average molecular weight is 311 g/mol. The van der Waals surface area contributed by atoms with Gasteiger partial charge in [-0.15, -0.1) is 0 Å². The summed E-state index contributed by atoms with van der Waals surface area (Å²) >= 11 is 0. The lowest BCUT2D eigenvalue weighted by Crippen LogP contribution is -2.59. The van der Waals surface area contributed by atoms with Crippen molar-refractivity contribution in [3.63, 3.8) is 0 Å². The molecule has 2 aliphatic carbocycles. The average Bonchev–Trinajstić information content (AvgIpc) is 2.64. The van der Waals surface area contributed by atoms with E-state index in [-0.39, 0.29) is 17.4 Å². The lowest BCUT2D eigenvalue weighted by Gasteiger charge is -2.55. The maximum Gasteiger partial charge on any atom is 0.307 e. The monoisotopic (exact) mass is 311 g/mol. The number of hydrogen-bond donors (Lipinski definition) is 1. The van der Waals surface area contributed by atoms with E-state index in [9.17, 15) is 20.0 Å². The Kier molecular flexibility index (Phi) is 4.35. The van der Waals surface area contributed by atoms with Crippen molar-refractivity contribution < 1.29 is 19.6 Å². The minimum absolute atomic E-state index is 0.0247. The molecule has 0 saturated heterocycles. The molecule has 4 atom stereocenters. The Hall–Kier alpha value is -1.43. The second-order valence-corrected chi connectivity index (χ2v) is 7.81. The summed E-state index contributed by atoms with van der Waals surface area (Å²) in [5.41, 5.74) is -0.168. The van der Waals surface area contributed by atoms with Crippen molar-refractivity contribution in [1.29, 1.82) is 0 Å². The van der Waals surface area contributed by atoms with E-state index in [1.807, 2.05) is 26.8 Å². The number of aliphatic carboxylic acids is 1. The Morgan fingerprint density at radius 1 is 1.59 bits per heavy atom. The van der Waals surface area contributed by atoms with Gasteiger partial charge in [0.25, 0.3) is 0 Å². The van der Waals surface area contributed by atoms with E-state index in [1.54, 1.807) is 7.11 Å². The van der Waals surface area contributed by atoms with Crippen LogP contribution in [0, 0.1) is 38.7 Å². The first-order valence-corrected chi connectivity index (χ1v) is 7.65. The van der Waals surface area contributed by atoms with Crippen LogP contribution in [0.5, 0.6) is 0 Å². The molecule has 0 aromatic heterocycles. The van der Waals surface area contributed by atoms with Gasteiger partial charge in [0.15, 0.2) is 0 Å². The number of carbonyl (C=O) groups is 1. The van der Waals surface area contributed by atoms with Gasteiger partial charge in [0.2, 0.25) is 6.54 Å². The molecule has 0 amide bonds. The molecule has 1 fully saturated rings. The van der Waals surface area contributed by atoms with Gasteiger partial charge in [0, 0.05) is 12.0 Å². The SMILES string of the molecule is COCC1=C[C@H]2[C@@H](C1)C[C@]2(C[N+](=O)[O-])C(C(=O)O)C(C)(C)C. The second-order valence-electron chi connectivity index (χ2n) is 7.81. The smallest absolute Gasteiger partial charge is 0.307 e. The molecule has 0 radical (unpaired) electrons. The maximum absolute atomic E-state index is 11.9. The highest BCUT2D eigenvalue weighted by molar-refractivity contribution is 5.72. The fraction of sp³-hybridized carbons (Fsp3) is 0.812. The Morgan fingerprint density at radius 3 is 2.68 bits per heavy atom. The summed E-state index contributed by atoms with van der Waals surface area (Å²) in [5, 5.41) is 21.0. The molecule has 0 bridgehead atoms. The molecule has 1 unspecified atom stereocenters. The molecule has 6 nitrogen and oxygen atoms in total. The normalized spacial score (nSPS) is 31.9. The number of methoxy groups -OCH3 is 1. The van der Waals surface area contributed by atoms with Crippen LogP contribution in [-0.2, 0) is 9.53 Å². The van der Waals surface area contributed by atoms with Gasteiger partial charge >= 0.3 is 5.97 Å².